The lowest BCUT2D eigenvalue weighted by molar-refractivity contribution is -0.138. The zero-order valence-electron chi connectivity index (χ0n) is 20.0. The Morgan fingerprint density at radius 1 is 1.20 bits per heavy atom. The van der Waals surface area contributed by atoms with Gasteiger partial charge in [-0.25, -0.2) is 0 Å². The van der Waals surface area contributed by atoms with Crippen LogP contribution in [0, 0.1) is 0 Å². The minimum absolute atomic E-state index is 0.0351. The van der Waals surface area contributed by atoms with E-state index in [0.29, 0.717) is 17.8 Å². The number of nitrogens with one attached hydrogen (secondary N) is 1. The Hall–Kier alpha value is -3.20. The van der Waals surface area contributed by atoms with Gasteiger partial charge >= 0.3 is 6.18 Å². The van der Waals surface area contributed by atoms with E-state index < -0.39 is 17.6 Å². The lowest BCUT2D eigenvalue weighted by Gasteiger charge is -2.39. The lowest BCUT2D eigenvalue weighted by Crippen LogP contribution is -2.47. The summed E-state index contributed by atoms with van der Waals surface area (Å²) in [6, 6.07) is 10.1. The van der Waals surface area contributed by atoms with Crippen molar-refractivity contribution in [2.75, 3.05) is 4.90 Å². The number of hydrogen-bond acceptors (Lipinski definition) is 4. The van der Waals surface area contributed by atoms with E-state index in [1.807, 2.05) is 36.7 Å². The molecule has 2 aromatic carbocycles. The molecule has 1 atom stereocenters. The second-order valence-corrected chi connectivity index (χ2v) is 9.94. The Labute approximate surface area is 202 Å². The highest BCUT2D eigenvalue weighted by molar-refractivity contribution is 6.10. The molecule has 5 rings (SSSR count). The van der Waals surface area contributed by atoms with Crippen LogP contribution in [0.4, 0.5) is 18.9 Å². The maximum Gasteiger partial charge on any atom is 0.416 e. The van der Waals surface area contributed by atoms with Gasteiger partial charge < -0.3 is 14.8 Å². The third kappa shape index (κ3) is 4.33. The van der Waals surface area contributed by atoms with Crippen molar-refractivity contribution in [1.29, 1.82) is 0 Å². The SMILES string of the molecule is C[C@H](c1cccc(N2Cc3c(cc(CNC4(C)CCC4)cc3C(F)(F)F)C2=O)c1)c1nncn1C. The van der Waals surface area contributed by atoms with Crippen LogP contribution < -0.4 is 10.2 Å². The molecule has 0 radical (unpaired) electrons. The van der Waals surface area contributed by atoms with E-state index in [-0.39, 0.29) is 29.1 Å². The molecule has 35 heavy (non-hydrogen) atoms. The summed E-state index contributed by atoms with van der Waals surface area (Å²) in [6.07, 6.45) is 0.189. The first-order valence-corrected chi connectivity index (χ1v) is 11.8. The fraction of sp³-hybridized carbons (Fsp3) is 0.423. The van der Waals surface area contributed by atoms with E-state index in [0.717, 1.165) is 30.7 Å². The summed E-state index contributed by atoms with van der Waals surface area (Å²) in [7, 11) is 1.85. The fourth-order valence-electron chi connectivity index (χ4n) is 5.03. The van der Waals surface area contributed by atoms with Gasteiger partial charge in [0.05, 0.1) is 12.1 Å². The first kappa shape index (κ1) is 23.5. The van der Waals surface area contributed by atoms with Gasteiger partial charge in [-0.1, -0.05) is 19.1 Å². The van der Waals surface area contributed by atoms with E-state index in [2.05, 4.69) is 22.4 Å². The fourth-order valence-corrected chi connectivity index (χ4v) is 5.03. The van der Waals surface area contributed by atoms with Crippen LogP contribution in [0.5, 0.6) is 0 Å². The maximum atomic E-state index is 14.0. The van der Waals surface area contributed by atoms with Gasteiger partial charge in [0.1, 0.15) is 12.2 Å². The second-order valence-electron chi connectivity index (χ2n) is 9.94. The second kappa shape index (κ2) is 8.48. The summed E-state index contributed by atoms with van der Waals surface area (Å²) in [5, 5.41) is 11.5. The number of carbonyl (C=O) groups is 1. The molecule has 2 heterocycles. The van der Waals surface area contributed by atoms with Crippen molar-refractivity contribution in [2.24, 2.45) is 7.05 Å². The smallest absolute Gasteiger partial charge is 0.320 e. The van der Waals surface area contributed by atoms with Gasteiger partial charge in [-0.2, -0.15) is 13.2 Å². The average molecular weight is 484 g/mol. The Morgan fingerprint density at radius 2 is 1.97 bits per heavy atom. The van der Waals surface area contributed by atoms with Crippen molar-refractivity contribution in [3.05, 3.63) is 76.4 Å². The molecular weight excluding hydrogens is 455 g/mol. The third-order valence-corrected chi connectivity index (χ3v) is 7.40. The number of rotatable bonds is 6. The van der Waals surface area contributed by atoms with Crippen molar-refractivity contribution in [1.82, 2.24) is 20.1 Å². The molecule has 1 saturated carbocycles. The van der Waals surface area contributed by atoms with E-state index in [1.165, 1.54) is 11.0 Å². The van der Waals surface area contributed by atoms with Crippen molar-refractivity contribution in [2.45, 2.75) is 63.8 Å². The molecule has 0 unspecified atom stereocenters. The molecule has 6 nitrogen and oxygen atoms in total. The number of fused-ring (bicyclic) bond motifs is 1. The van der Waals surface area contributed by atoms with Crippen LogP contribution in [-0.2, 0) is 26.3 Å². The summed E-state index contributed by atoms with van der Waals surface area (Å²) in [5.41, 5.74) is 1.32. The van der Waals surface area contributed by atoms with Gasteiger partial charge in [0.2, 0.25) is 0 Å². The Bertz CT molecular complexity index is 1280. The van der Waals surface area contributed by atoms with Crippen LogP contribution in [0.25, 0.3) is 0 Å². The Kier molecular flexibility index (Phi) is 5.70. The molecule has 9 heteroatoms. The lowest BCUT2D eigenvalue weighted by atomic mass is 9.78. The highest BCUT2D eigenvalue weighted by Crippen LogP contribution is 2.40. The van der Waals surface area contributed by atoms with Crippen LogP contribution in [0.2, 0.25) is 0 Å². The molecule has 1 amide bonds. The van der Waals surface area contributed by atoms with Crippen molar-refractivity contribution in [3.63, 3.8) is 0 Å². The number of alkyl halides is 3. The minimum Gasteiger partial charge on any atom is -0.320 e. The molecule has 1 aliphatic heterocycles. The van der Waals surface area contributed by atoms with Gasteiger partial charge in [0.25, 0.3) is 5.91 Å². The first-order chi connectivity index (χ1) is 16.6. The average Bonchev–Trinajstić information content (AvgIpc) is 3.38. The zero-order chi connectivity index (χ0) is 25.0. The number of halogens is 3. The normalized spacial score (nSPS) is 17.9. The van der Waals surface area contributed by atoms with Crippen LogP contribution in [0.3, 0.4) is 0 Å². The Morgan fingerprint density at radius 3 is 2.60 bits per heavy atom. The summed E-state index contributed by atoms with van der Waals surface area (Å²) in [5.74, 6) is 0.249. The molecule has 184 valence electrons. The molecular formula is C26H28F3N5O. The maximum absolute atomic E-state index is 14.0. The quantitative estimate of drug-likeness (QED) is 0.525. The predicted octanol–water partition coefficient (Wildman–Crippen LogP) is 5.18. The van der Waals surface area contributed by atoms with Crippen LogP contribution in [-0.4, -0.2) is 26.2 Å². The summed E-state index contributed by atoms with van der Waals surface area (Å²) in [4.78, 5) is 14.8. The number of aromatic nitrogens is 3. The molecule has 1 aliphatic carbocycles. The Balaban J connectivity index is 1.46. The molecule has 3 aromatic rings. The number of amides is 1. The number of hydrogen-bond donors (Lipinski definition) is 1. The highest BCUT2D eigenvalue weighted by atomic mass is 19.4. The minimum atomic E-state index is -4.54. The van der Waals surface area contributed by atoms with Crippen molar-refractivity contribution < 1.29 is 18.0 Å². The largest absolute Gasteiger partial charge is 0.416 e. The number of anilines is 1. The standard InChI is InChI=1S/C26H28F3N5O/c1-16(23-32-31-15-33(23)3)18-6-4-7-19(12-18)34-14-21-20(24(34)35)10-17(11-22(21)26(27,28)29)13-30-25(2)8-5-9-25/h4,6-7,10-12,15-16,30H,5,8-9,13-14H2,1-3H3/t16-/m1/s1. The first-order valence-electron chi connectivity index (χ1n) is 11.8. The summed E-state index contributed by atoms with van der Waals surface area (Å²) < 4.78 is 43.9. The van der Waals surface area contributed by atoms with Gasteiger partial charge in [0.15, 0.2) is 0 Å². The summed E-state index contributed by atoms with van der Waals surface area (Å²) >= 11 is 0. The monoisotopic (exact) mass is 483 g/mol. The van der Waals surface area contributed by atoms with E-state index in [1.54, 1.807) is 18.5 Å². The topological polar surface area (TPSA) is 63.1 Å². The molecule has 1 fully saturated rings. The van der Waals surface area contributed by atoms with Crippen LogP contribution in [0.15, 0.2) is 42.7 Å². The molecule has 1 aromatic heterocycles. The molecule has 0 saturated heterocycles. The van der Waals surface area contributed by atoms with Gasteiger partial charge in [-0.3, -0.25) is 4.79 Å². The predicted molar refractivity (Wildman–Crippen MR) is 126 cm³/mol. The molecule has 2 aliphatic rings. The van der Waals surface area contributed by atoms with E-state index in [9.17, 15) is 18.0 Å². The number of carbonyl (C=O) groups excluding carboxylic acids is 1. The summed E-state index contributed by atoms with van der Waals surface area (Å²) in [6.45, 7) is 4.24. The van der Waals surface area contributed by atoms with Gasteiger partial charge in [0, 0.05) is 36.3 Å². The zero-order valence-corrected chi connectivity index (χ0v) is 20.0. The number of aryl methyl sites for hydroxylation is 1. The number of nitrogens with zero attached hydrogens (tertiary/aromatic N) is 4. The molecule has 0 bridgehead atoms. The molecule has 1 N–H and O–H groups in total. The molecule has 0 spiro atoms. The highest BCUT2D eigenvalue weighted by Gasteiger charge is 2.41. The van der Waals surface area contributed by atoms with Crippen molar-refractivity contribution in [3.8, 4) is 0 Å². The van der Waals surface area contributed by atoms with E-state index in [4.69, 9.17) is 0 Å². The van der Waals surface area contributed by atoms with Crippen molar-refractivity contribution >= 4 is 11.6 Å². The van der Waals surface area contributed by atoms with Crippen LogP contribution >= 0.6 is 0 Å². The third-order valence-electron chi connectivity index (χ3n) is 7.40. The van der Waals surface area contributed by atoms with Crippen LogP contribution in [0.1, 0.15) is 77.5 Å². The van der Waals surface area contributed by atoms with Gasteiger partial charge in [-0.05, 0) is 67.1 Å². The van der Waals surface area contributed by atoms with Gasteiger partial charge in [-0.15, -0.1) is 10.2 Å². The number of benzene rings is 2. The van der Waals surface area contributed by atoms with E-state index >= 15 is 0 Å².